The smallest absolute Gasteiger partial charge is 0.264 e. The molecule has 1 aromatic heterocycles. The first-order valence-electron chi connectivity index (χ1n) is 13.3. The molecule has 3 aromatic carbocycles. The van der Waals surface area contributed by atoms with Crippen LogP contribution in [-0.2, 0) is 16.6 Å². The molecule has 0 radical (unpaired) electrons. The highest BCUT2D eigenvalue weighted by Crippen LogP contribution is 2.66. The minimum absolute atomic E-state index is 0.107. The molecule has 1 aliphatic heterocycles. The number of allylic oxidation sites excluding steroid dienone is 1. The Balaban J connectivity index is 1.61. The summed E-state index contributed by atoms with van der Waals surface area (Å²) in [6.45, 7) is 8.31. The maximum Gasteiger partial charge on any atom is 0.264 e. The molecule has 2 aliphatic rings. The minimum Gasteiger partial charge on any atom is -0.497 e. The van der Waals surface area contributed by atoms with Gasteiger partial charge in [0.15, 0.2) is 0 Å². The summed E-state index contributed by atoms with van der Waals surface area (Å²) >= 11 is 0. The van der Waals surface area contributed by atoms with Gasteiger partial charge in [-0.1, -0.05) is 49.4 Å². The van der Waals surface area contributed by atoms with E-state index in [0.29, 0.717) is 24.4 Å². The molecule has 6 rings (SSSR count). The SMILES string of the molecule is C=CC12CC1c1cc(OC)ccc1-c1c(-c3ccccc3)c3ccc(C(=O)NS(=O)(=O)C(C)CC)cc3n1C2. The zero-order chi connectivity index (χ0) is 27.5. The quantitative estimate of drug-likeness (QED) is 0.271. The normalized spacial score (nSPS) is 20.2. The first kappa shape index (κ1) is 25.4. The molecule has 3 atom stereocenters. The van der Waals surface area contributed by atoms with Crippen molar-refractivity contribution in [2.45, 2.75) is 44.4 Å². The van der Waals surface area contributed by atoms with Crippen LogP contribution in [-0.4, -0.2) is 31.3 Å². The molecule has 200 valence electrons. The first-order chi connectivity index (χ1) is 18.7. The average molecular weight is 541 g/mol. The van der Waals surface area contributed by atoms with Crippen LogP contribution in [0.4, 0.5) is 0 Å². The van der Waals surface area contributed by atoms with E-state index in [1.165, 1.54) is 5.56 Å². The van der Waals surface area contributed by atoms with Gasteiger partial charge in [-0.15, -0.1) is 6.58 Å². The number of sulfonamides is 1. The number of nitrogens with zero attached hydrogens (tertiary/aromatic N) is 1. The fourth-order valence-electron chi connectivity index (χ4n) is 6.01. The van der Waals surface area contributed by atoms with Crippen molar-refractivity contribution in [2.24, 2.45) is 5.41 Å². The van der Waals surface area contributed by atoms with E-state index in [1.54, 1.807) is 27.0 Å². The Morgan fingerprint density at radius 2 is 1.95 bits per heavy atom. The Labute approximate surface area is 229 Å². The molecule has 39 heavy (non-hydrogen) atoms. The van der Waals surface area contributed by atoms with Crippen LogP contribution < -0.4 is 9.46 Å². The summed E-state index contributed by atoms with van der Waals surface area (Å²) in [5, 5.41) is 0.352. The molecular formula is C32H32N2O4S. The Morgan fingerprint density at radius 3 is 2.64 bits per heavy atom. The van der Waals surface area contributed by atoms with Crippen LogP contribution >= 0.6 is 0 Å². The third kappa shape index (κ3) is 3.98. The van der Waals surface area contributed by atoms with E-state index in [9.17, 15) is 13.2 Å². The van der Waals surface area contributed by atoms with Crippen LogP contribution in [0.1, 0.15) is 48.5 Å². The van der Waals surface area contributed by atoms with E-state index in [4.69, 9.17) is 4.74 Å². The molecule has 1 N–H and O–H groups in total. The van der Waals surface area contributed by atoms with Gasteiger partial charge >= 0.3 is 0 Å². The third-order valence-electron chi connectivity index (χ3n) is 8.60. The molecule has 1 aliphatic carbocycles. The highest BCUT2D eigenvalue weighted by Gasteiger charge is 2.55. The Hall–Kier alpha value is -3.84. The van der Waals surface area contributed by atoms with Crippen molar-refractivity contribution in [2.75, 3.05) is 7.11 Å². The van der Waals surface area contributed by atoms with Crippen molar-refractivity contribution in [1.82, 2.24) is 9.29 Å². The Bertz CT molecular complexity index is 1740. The number of amides is 1. The molecule has 0 saturated heterocycles. The zero-order valence-electron chi connectivity index (χ0n) is 22.4. The van der Waals surface area contributed by atoms with Gasteiger partial charge < -0.3 is 9.30 Å². The summed E-state index contributed by atoms with van der Waals surface area (Å²) in [6, 6.07) is 22.0. The van der Waals surface area contributed by atoms with Crippen LogP contribution in [0.2, 0.25) is 0 Å². The predicted molar refractivity (Wildman–Crippen MR) is 155 cm³/mol. The lowest BCUT2D eigenvalue weighted by atomic mass is 9.92. The fraction of sp³-hybridized carbons (Fsp3) is 0.281. The molecular weight excluding hydrogens is 508 g/mol. The lowest BCUT2D eigenvalue weighted by Gasteiger charge is -2.16. The van der Waals surface area contributed by atoms with Gasteiger partial charge in [0.2, 0.25) is 10.0 Å². The number of carbonyl (C=O) groups is 1. The number of ether oxygens (including phenoxy) is 1. The van der Waals surface area contributed by atoms with Gasteiger partial charge in [0.1, 0.15) is 5.75 Å². The zero-order valence-corrected chi connectivity index (χ0v) is 23.2. The summed E-state index contributed by atoms with van der Waals surface area (Å²) in [4.78, 5) is 13.2. The summed E-state index contributed by atoms with van der Waals surface area (Å²) in [6.07, 6.45) is 3.48. The van der Waals surface area contributed by atoms with E-state index >= 15 is 0 Å². The van der Waals surface area contributed by atoms with Crippen molar-refractivity contribution in [1.29, 1.82) is 0 Å². The number of hydrogen-bond donors (Lipinski definition) is 1. The second-order valence-electron chi connectivity index (χ2n) is 10.7. The van der Waals surface area contributed by atoms with E-state index < -0.39 is 21.2 Å². The number of fused-ring (bicyclic) bond motifs is 7. The average Bonchev–Trinajstić information content (AvgIpc) is 3.61. The number of aromatic nitrogens is 1. The van der Waals surface area contributed by atoms with Crippen molar-refractivity contribution >= 4 is 26.8 Å². The molecule has 2 heterocycles. The molecule has 3 unspecified atom stereocenters. The number of rotatable bonds is 7. The van der Waals surface area contributed by atoms with E-state index in [1.807, 2.05) is 36.4 Å². The summed E-state index contributed by atoms with van der Waals surface area (Å²) < 4.78 is 35.5. The van der Waals surface area contributed by atoms with Gasteiger partial charge in [-0.3, -0.25) is 4.79 Å². The van der Waals surface area contributed by atoms with Crippen LogP contribution in [0.3, 0.4) is 0 Å². The number of nitrogens with one attached hydrogen (secondary N) is 1. The van der Waals surface area contributed by atoms with Crippen LogP contribution in [0.25, 0.3) is 33.3 Å². The van der Waals surface area contributed by atoms with E-state index in [-0.39, 0.29) is 5.41 Å². The lowest BCUT2D eigenvalue weighted by Crippen LogP contribution is -2.36. The largest absolute Gasteiger partial charge is 0.497 e. The standard InChI is InChI=1S/C32H32N2O4S/c1-5-20(3)39(36,37)33-31(35)22-12-14-25-28(16-22)34-19-32(6-2)18-27(32)26-17-23(38-4)13-15-24(26)30(34)29(25)21-10-8-7-9-11-21/h6-17,20,27H,2,5,18-19H2,1,3-4H3,(H,33,35). The molecule has 4 aromatic rings. The highest BCUT2D eigenvalue weighted by atomic mass is 32.2. The second kappa shape index (κ2) is 9.12. The molecule has 0 spiro atoms. The highest BCUT2D eigenvalue weighted by molar-refractivity contribution is 7.90. The van der Waals surface area contributed by atoms with Crippen molar-refractivity contribution in [3.63, 3.8) is 0 Å². The molecule has 7 heteroatoms. The summed E-state index contributed by atoms with van der Waals surface area (Å²) in [5.74, 6) is 0.534. The fourth-order valence-corrected chi connectivity index (χ4v) is 7.03. The number of carbonyl (C=O) groups excluding carboxylic acids is 1. The Morgan fingerprint density at radius 1 is 1.18 bits per heavy atom. The van der Waals surface area contributed by atoms with Gasteiger partial charge in [-0.2, -0.15) is 0 Å². The summed E-state index contributed by atoms with van der Waals surface area (Å²) in [7, 11) is -2.08. The number of benzene rings is 3. The van der Waals surface area contributed by atoms with E-state index in [2.05, 4.69) is 46.2 Å². The van der Waals surface area contributed by atoms with Gasteiger partial charge in [-0.05, 0) is 67.1 Å². The van der Waals surface area contributed by atoms with Crippen LogP contribution in [0.15, 0.2) is 79.4 Å². The second-order valence-corrected chi connectivity index (χ2v) is 12.8. The summed E-state index contributed by atoms with van der Waals surface area (Å²) in [5.41, 5.74) is 6.75. The van der Waals surface area contributed by atoms with E-state index in [0.717, 1.165) is 45.5 Å². The number of methoxy groups -OCH3 is 1. The minimum atomic E-state index is -3.77. The maximum absolute atomic E-state index is 13.2. The molecule has 1 amide bonds. The van der Waals surface area contributed by atoms with Gasteiger partial charge in [0.05, 0.1) is 18.1 Å². The van der Waals surface area contributed by atoms with Crippen molar-refractivity contribution < 1.29 is 17.9 Å². The van der Waals surface area contributed by atoms with Gasteiger partial charge in [-0.25, -0.2) is 13.1 Å². The predicted octanol–water partition coefficient (Wildman–Crippen LogP) is 6.52. The first-order valence-corrected chi connectivity index (χ1v) is 14.9. The molecule has 0 bridgehead atoms. The molecule has 1 saturated carbocycles. The van der Waals surface area contributed by atoms with Crippen molar-refractivity contribution in [3.8, 4) is 28.1 Å². The van der Waals surface area contributed by atoms with Gasteiger partial charge in [0.25, 0.3) is 5.91 Å². The third-order valence-corrected chi connectivity index (χ3v) is 10.5. The maximum atomic E-state index is 13.2. The van der Waals surface area contributed by atoms with Crippen molar-refractivity contribution in [3.05, 3.63) is 90.5 Å². The Kier molecular flexibility index (Phi) is 5.95. The van der Waals surface area contributed by atoms with Crippen LogP contribution in [0.5, 0.6) is 5.75 Å². The lowest BCUT2D eigenvalue weighted by molar-refractivity contribution is 0.0981. The van der Waals surface area contributed by atoms with Gasteiger partial charge in [0, 0.05) is 39.6 Å². The number of hydrogen-bond acceptors (Lipinski definition) is 4. The van der Waals surface area contributed by atoms with Crippen LogP contribution in [0, 0.1) is 5.41 Å². The molecule has 6 nitrogen and oxygen atoms in total. The molecule has 1 fully saturated rings. The monoisotopic (exact) mass is 540 g/mol. The topological polar surface area (TPSA) is 77.4 Å².